The minimum absolute atomic E-state index is 0.118. The molecule has 0 spiro atoms. The first-order valence-electron chi connectivity index (χ1n) is 9.49. The van der Waals surface area contributed by atoms with Crippen molar-refractivity contribution < 1.29 is 8.42 Å². The highest BCUT2D eigenvalue weighted by Gasteiger charge is 2.22. The Morgan fingerprint density at radius 3 is 2.59 bits per heavy atom. The number of fused-ring (bicyclic) bond motifs is 1. The average molecular weight is 429 g/mol. The van der Waals surface area contributed by atoms with Gasteiger partial charge in [0.25, 0.3) is 0 Å². The summed E-state index contributed by atoms with van der Waals surface area (Å²) in [6.45, 7) is 3.59. The number of allylic oxidation sites excluding steroid dienone is 3. The van der Waals surface area contributed by atoms with Gasteiger partial charge in [-0.15, -0.1) is 0 Å². The molecule has 148 valence electrons. The van der Waals surface area contributed by atoms with Gasteiger partial charge in [-0.2, -0.15) is 0 Å². The number of nitrogens with one attached hydrogen (secondary N) is 1. The number of rotatable bonds is 8. The Morgan fingerprint density at radius 2 is 1.78 bits per heavy atom. The molecule has 0 unspecified atom stereocenters. The molecule has 0 bridgehead atoms. The summed E-state index contributed by atoms with van der Waals surface area (Å²) in [4.78, 5) is 2.60. The van der Waals surface area contributed by atoms with Gasteiger partial charge in [0.05, 0.1) is 4.91 Å². The zero-order chi connectivity index (χ0) is 19.3. The maximum absolute atomic E-state index is 12.4. The van der Waals surface area contributed by atoms with Gasteiger partial charge in [0.2, 0.25) is 10.0 Å². The molecule has 0 saturated carbocycles. The van der Waals surface area contributed by atoms with E-state index >= 15 is 0 Å². The second kappa shape index (κ2) is 9.57. The van der Waals surface area contributed by atoms with Crippen LogP contribution >= 0.6 is 23.2 Å². The molecule has 1 aliphatic carbocycles. The first-order chi connectivity index (χ1) is 13.0. The molecule has 1 heterocycles. The molecule has 2 aliphatic rings. The van der Waals surface area contributed by atoms with E-state index in [1.54, 1.807) is 0 Å². The molecule has 0 fully saturated rings. The molecule has 1 aromatic carbocycles. The van der Waals surface area contributed by atoms with Crippen LogP contribution in [0.25, 0.3) is 0 Å². The summed E-state index contributed by atoms with van der Waals surface area (Å²) in [6.07, 6.45) is 6.52. The minimum Gasteiger partial charge on any atom is -0.299 e. The Kier molecular flexibility index (Phi) is 7.40. The zero-order valence-corrected chi connectivity index (χ0v) is 17.7. The van der Waals surface area contributed by atoms with E-state index in [1.165, 1.54) is 17.2 Å². The van der Waals surface area contributed by atoms with Crippen LogP contribution in [0.2, 0.25) is 0 Å². The molecular weight excluding hydrogens is 403 g/mol. The first-order valence-corrected chi connectivity index (χ1v) is 11.7. The fourth-order valence-corrected chi connectivity index (χ4v) is 5.52. The van der Waals surface area contributed by atoms with Crippen LogP contribution in [0.15, 0.2) is 45.3 Å². The van der Waals surface area contributed by atoms with Gasteiger partial charge < -0.3 is 0 Å². The maximum atomic E-state index is 12.4. The fourth-order valence-electron chi connectivity index (χ4n) is 3.53. The third kappa shape index (κ3) is 5.81. The van der Waals surface area contributed by atoms with Crippen molar-refractivity contribution in [2.45, 2.75) is 45.1 Å². The monoisotopic (exact) mass is 428 g/mol. The van der Waals surface area contributed by atoms with Crippen molar-refractivity contribution in [1.82, 2.24) is 9.62 Å². The number of nitrogens with zero attached hydrogens (tertiary/aromatic N) is 1. The normalized spacial score (nSPS) is 18.4. The highest BCUT2D eigenvalue weighted by Crippen LogP contribution is 2.31. The van der Waals surface area contributed by atoms with Crippen LogP contribution in [0.3, 0.4) is 0 Å². The lowest BCUT2D eigenvalue weighted by atomic mass is 10.00. The Bertz CT molecular complexity index is 834. The van der Waals surface area contributed by atoms with E-state index in [9.17, 15) is 8.42 Å². The van der Waals surface area contributed by atoms with Gasteiger partial charge in [-0.3, -0.25) is 4.90 Å². The van der Waals surface area contributed by atoms with Gasteiger partial charge >= 0.3 is 0 Å². The third-order valence-corrected chi connectivity index (χ3v) is 7.41. The van der Waals surface area contributed by atoms with E-state index < -0.39 is 10.0 Å². The van der Waals surface area contributed by atoms with E-state index in [0.717, 1.165) is 45.3 Å². The highest BCUT2D eigenvalue weighted by molar-refractivity contribution is 7.93. The SMILES string of the molecule is O=S(=O)(NCCCCCN1CCc2ccccc2C1)C1=C(Cl)CCC(Cl)=C1. The summed E-state index contributed by atoms with van der Waals surface area (Å²) < 4.78 is 27.4. The molecule has 0 saturated heterocycles. The molecule has 0 amide bonds. The molecule has 3 rings (SSSR count). The highest BCUT2D eigenvalue weighted by atomic mass is 35.5. The molecule has 0 aromatic heterocycles. The van der Waals surface area contributed by atoms with Gasteiger partial charge in [-0.1, -0.05) is 53.9 Å². The van der Waals surface area contributed by atoms with Crippen molar-refractivity contribution in [2.24, 2.45) is 0 Å². The van der Waals surface area contributed by atoms with Crippen molar-refractivity contribution in [3.05, 3.63) is 56.4 Å². The summed E-state index contributed by atoms with van der Waals surface area (Å²) in [6, 6.07) is 8.64. The van der Waals surface area contributed by atoms with Crippen molar-refractivity contribution >= 4 is 33.2 Å². The summed E-state index contributed by atoms with van der Waals surface area (Å²) >= 11 is 12.0. The summed E-state index contributed by atoms with van der Waals surface area (Å²) in [7, 11) is -3.58. The van der Waals surface area contributed by atoms with Crippen molar-refractivity contribution in [1.29, 1.82) is 0 Å². The first kappa shape index (κ1) is 20.9. The van der Waals surface area contributed by atoms with E-state index in [1.807, 2.05) is 0 Å². The molecule has 4 nitrogen and oxygen atoms in total. The van der Waals surface area contributed by atoms with Crippen LogP contribution in [-0.2, 0) is 23.0 Å². The van der Waals surface area contributed by atoms with Gasteiger partial charge in [0.1, 0.15) is 0 Å². The van der Waals surface area contributed by atoms with Crippen molar-refractivity contribution in [2.75, 3.05) is 19.6 Å². The largest absolute Gasteiger partial charge is 0.299 e. The predicted molar refractivity (Wildman–Crippen MR) is 112 cm³/mol. The number of hydrogen-bond donors (Lipinski definition) is 1. The smallest absolute Gasteiger partial charge is 0.241 e. The van der Waals surface area contributed by atoms with Crippen LogP contribution in [0.5, 0.6) is 0 Å². The molecule has 27 heavy (non-hydrogen) atoms. The molecule has 1 aromatic rings. The van der Waals surface area contributed by atoms with Crippen LogP contribution in [0.4, 0.5) is 0 Å². The number of benzene rings is 1. The van der Waals surface area contributed by atoms with Crippen LogP contribution in [-0.4, -0.2) is 33.0 Å². The Labute approximate surface area is 172 Å². The Morgan fingerprint density at radius 1 is 1.00 bits per heavy atom. The van der Waals surface area contributed by atoms with Crippen LogP contribution in [0.1, 0.15) is 43.2 Å². The van der Waals surface area contributed by atoms with Gasteiger partial charge in [-0.25, -0.2) is 13.1 Å². The fraction of sp³-hybridized carbons (Fsp3) is 0.500. The summed E-state index contributed by atoms with van der Waals surface area (Å²) in [5, 5.41) is 0.889. The molecular formula is C20H26Cl2N2O2S. The molecule has 1 N–H and O–H groups in total. The zero-order valence-electron chi connectivity index (χ0n) is 15.4. The number of halogens is 2. The van der Waals surface area contributed by atoms with Crippen LogP contribution in [0, 0.1) is 0 Å². The van der Waals surface area contributed by atoms with Crippen molar-refractivity contribution in [3.8, 4) is 0 Å². The lowest BCUT2D eigenvalue weighted by Gasteiger charge is -2.28. The Balaban J connectivity index is 1.36. The maximum Gasteiger partial charge on any atom is 0.241 e. The second-order valence-electron chi connectivity index (χ2n) is 7.11. The van der Waals surface area contributed by atoms with Crippen molar-refractivity contribution in [3.63, 3.8) is 0 Å². The lowest BCUT2D eigenvalue weighted by molar-refractivity contribution is 0.248. The van der Waals surface area contributed by atoms with Gasteiger partial charge in [0.15, 0.2) is 0 Å². The standard InChI is InChI=1S/C20H26Cl2N2O2S/c21-18-8-9-19(22)20(14-18)27(25,26)23-11-4-1-5-12-24-13-10-16-6-2-3-7-17(16)15-24/h2-3,6-7,14,23H,1,4-5,8-13,15H2. The number of sulfonamides is 1. The number of hydrogen-bond acceptors (Lipinski definition) is 3. The molecule has 7 heteroatoms. The summed E-state index contributed by atoms with van der Waals surface area (Å²) in [5.41, 5.74) is 2.90. The number of unbranched alkanes of at least 4 members (excludes halogenated alkanes) is 2. The third-order valence-electron chi connectivity index (χ3n) is 5.08. The Hall–Kier alpha value is -0.850. The topological polar surface area (TPSA) is 49.4 Å². The molecule has 1 aliphatic heterocycles. The average Bonchev–Trinajstić information content (AvgIpc) is 2.66. The second-order valence-corrected chi connectivity index (χ2v) is 9.79. The van der Waals surface area contributed by atoms with E-state index in [-0.39, 0.29) is 4.91 Å². The minimum atomic E-state index is -3.58. The predicted octanol–water partition coefficient (Wildman–Crippen LogP) is 4.50. The van der Waals surface area contributed by atoms with E-state index in [2.05, 4.69) is 33.9 Å². The van der Waals surface area contributed by atoms with Crippen LogP contribution < -0.4 is 4.72 Å². The summed E-state index contributed by atoms with van der Waals surface area (Å²) in [5.74, 6) is 0. The van der Waals surface area contributed by atoms with E-state index in [4.69, 9.17) is 23.2 Å². The van der Waals surface area contributed by atoms with Gasteiger partial charge in [-0.05, 0) is 55.9 Å². The molecule has 0 radical (unpaired) electrons. The van der Waals surface area contributed by atoms with E-state index in [0.29, 0.717) is 29.5 Å². The lowest BCUT2D eigenvalue weighted by Crippen LogP contribution is -2.31. The quantitative estimate of drug-likeness (QED) is 0.619. The molecule has 0 atom stereocenters. The van der Waals surface area contributed by atoms with Gasteiger partial charge in [0, 0.05) is 29.7 Å².